The van der Waals surface area contributed by atoms with Crippen LogP contribution >= 0.6 is 11.3 Å². The first-order chi connectivity index (χ1) is 8.47. The second-order valence-electron chi connectivity index (χ2n) is 4.03. The summed E-state index contributed by atoms with van der Waals surface area (Å²) < 4.78 is 22.6. The van der Waals surface area contributed by atoms with E-state index in [-0.39, 0.29) is 4.90 Å². The Morgan fingerprint density at radius 1 is 1.33 bits per heavy atom. The normalized spacial score (nSPS) is 13.4. The standard InChI is InChI=1S/C12H13NO3S2/c1-18(15,16)11-4-2-9(3-5-11)12(14)6-10-7-13-8-17-10/h2-5,7-8,12,14H,6H2,1H3. The molecule has 0 aliphatic heterocycles. The number of hydrogen-bond donors (Lipinski definition) is 1. The molecule has 0 amide bonds. The van der Waals surface area contributed by atoms with E-state index in [2.05, 4.69) is 4.98 Å². The minimum atomic E-state index is -3.18. The van der Waals surface area contributed by atoms with Gasteiger partial charge in [0.15, 0.2) is 9.84 Å². The molecule has 0 fully saturated rings. The van der Waals surface area contributed by atoms with Crippen molar-refractivity contribution in [2.75, 3.05) is 6.26 Å². The summed E-state index contributed by atoms with van der Waals surface area (Å²) in [5.41, 5.74) is 2.42. The first-order valence-electron chi connectivity index (χ1n) is 5.32. The average molecular weight is 283 g/mol. The first-order valence-corrected chi connectivity index (χ1v) is 8.09. The van der Waals surface area contributed by atoms with Gasteiger partial charge >= 0.3 is 0 Å². The lowest BCUT2D eigenvalue weighted by Gasteiger charge is -2.10. The van der Waals surface area contributed by atoms with Gasteiger partial charge in [-0.3, -0.25) is 4.98 Å². The van der Waals surface area contributed by atoms with Crippen molar-refractivity contribution in [1.82, 2.24) is 4.98 Å². The monoisotopic (exact) mass is 283 g/mol. The summed E-state index contributed by atoms with van der Waals surface area (Å²) in [6, 6.07) is 6.31. The Hall–Kier alpha value is -1.24. The highest BCUT2D eigenvalue weighted by atomic mass is 32.2. The van der Waals surface area contributed by atoms with Crippen molar-refractivity contribution in [2.24, 2.45) is 0 Å². The second kappa shape index (κ2) is 5.17. The van der Waals surface area contributed by atoms with Crippen LogP contribution in [0.4, 0.5) is 0 Å². The van der Waals surface area contributed by atoms with E-state index < -0.39 is 15.9 Å². The number of sulfone groups is 1. The predicted octanol–water partition coefficient (Wildman–Crippen LogP) is 1.82. The van der Waals surface area contributed by atoms with Gasteiger partial charge in [-0.05, 0) is 17.7 Å². The second-order valence-corrected chi connectivity index (χ2v) is 7.02. The third kappa shape index (κ3) is 3.16. The van der Waals surface area contributed by atoms with Crippen LogP contribution in [0.15, 0.2) is 40.9 Å². The molecule has 0 radical (unpaired) electrons. The SMILES string of the molecule is CS(=O)(=O)c1ccc(C(O)Cc2cncs2)cc1. The summed E-state index contributed by atoms with van der Waals surface area (Å²) in [5, 5.41) is 10.0. The van der Waals surface area contributed by atoms with E-state index in [1.165, 1.54) is 23.5 Å². The average Bonchev–Trinajstić information content (AvgIpc) is 2.81. The number of aliphatic hydroxyl groups excluding tert-OH is 1. The number of rotatable bonds is 4. The lowest BCUT2D eigenvalue weighted by Crippen LogP contribution is -2.02. The van der Waals surface area contributed by atoms with Gasteiger partial charge in [0, 0.05) is 23.8 Å². The van der Waals surface area contributed by atoms with Crippen molar-refractivity contribution in [3.8, 4) is 0 Å². The summed E-state index contributed by atoms with van der Waals surface area (Å²) >= 11 is 1.49. The molecule has 6 heteroatoms. The van der Waals surface area contributed by atoms with Gasteiger partial charge in [-0.15, -0.1) is 11.3 Å². The Labute approximate surface area is 110 Å². The smallest absolute Gasteiger partial charge is 0.175 e. The van der Waals surface area contributed by atoms with E-state index >= 15 is 0 Å². The zero-order valence-corrected chi connectivity index (χ0v) is 11.4. The van der Waals surface area contributed by atoms with Gasteiger partial charge in [0.05, 0.1) is 16.5 Å². The van der Waals surface area contributed by atoms with Gasteiger partial charge in [-0.25, -0.2) is 8.42 Å². The molecule has 1 unspecified atom stereocenters. The largest absolute Gasteiger partial charge is 0.388 e. The van der Waals surface area contributed by atoms with Crippen molar-refractivity contribution in [2.45, 2.75) is 17.4 Å². The molecule has 0 spiro atoms. The summed E-state index contributed by atoms with van der Waals surface area (Å²) in [6.45, 7) is 0. The number of aliphatic hydroxyl groups is 1. The molecule has 0 aliphatic rings. The van der Waals surface area contributed by atoms with Crippen LogP contribution < -0.4 is 0 Å². The molecule has 96 valence electrons. The van der Waals surface area contributed by atoms with Gasteiger partial charge < -0.3 is 5.11 Å². The Balaban J connectivity index is 2.14. The Bertz CT molecular complexity index is 603. The number of aromatic nitrogens is 1. The molecule has 1 N–H and O–H groups in total. The molecule has 4 nitrogen and oxygen atoms in total. The molecule has 0 aliphatic carbocycles. The maximum absolute atomic E-state index is 11.3. The van der Waals surface area contributed by atoms with E-state index in [0.29, 0.717) is 12.0 Å². The predicted molar refractivity (Wildman–Crippen MR) is 70.3 cm³/mol. The summed E-state index contributed by atoms with van der Waals surface area (Å²) in [6.07, 6.45) is 2.73. The number of thiazole rings is 1. The zero-order valence-electron chi connectivity index (χ0n) is 9.78. The molecule has 1 atom stereocenters. The molecular weight excluding hydrogens is 270 g/mol. The molecule has 2 aromatic rings. The van der Waals surface area contributed by atoms with Gasteiger partial charge in [0.25, 0.3) is 0 Å². The Morgan fingerprint density at radius 2 is 2.00 bits per heavy atom. The zero-order chi connectivity index (χ0) is 13.2. The fourth-order valence-corrected chi connectivity index (χ4v) is 2.85. The van der Waals surface area contributed by atoms with Crippen LogP contribution in [0.2, 0.25) is 0 Å². The third-order valence-electron chi connectivity index (χ3n) is 2.57. The van der Waals surface area contributed by atoms with Gasteiger partial charge in [-0.2, -0.15) is 0 Å². The van der Waals surface area contributed by atoms with Gasteiger partial charge in [0.2, 0.25) is 0 Å². The molecule has 0 bridgehead atoms. The minimum absolute atomic E-state index is 0.260. The van der Waals surface area contributed by atoms with Crippen LogP contribution in [-0.4, -0.2) is 24.8 Å². The molecule has 1 aromatic carbocycles. The summed E-state index contributed by atoms with van der Waals surface area (Å²) in [5.74, 6) is 0. The maximum Gasteiger partial charge on any atom is 0.175 e. The summed E-state index contributed by atoms with van der Waals surface area (Å²) in [4.78, 5) is 5.20. The highest BCUT2D eigenvalue weighted by Crippen LogP contribution is 2.21. The fraction of sp³-hybridized carbons (Fsp3) is 0.250. The number of nitrogens with zero attached hydrogens (tertiary/aromatic N) is 1. The van der Waals surface area contributed by atoms with Crippen LogP contribution in [0.25, 0.3) is 0 Å². The topological polar surface area (TPSA) is 67.3 Å². The van der Waals surface area contributed by atoms with Crippen molar-refractivity contribution in [1.29, 1.82) is 0 Å². The van der Waals surface area contributed by atoms with E-state index in [1.807, 2.05) is 0 Å². The molecule has 1 aromatic heterocycles. The van der Waals surface area contributed by atoms with Crippen LogP contribution in [0.5, 0.6) is 0 Å². The minimum Gasteiger partial charge on any atom is -0.388 e. The maximum atomic E-state index is 11.3. The lowest BCUT2D eigenvalue weighted by molar-refractivity contribution is 0.179. The van der Waals surface area contributed by atoms with E-state index in [1.54, 1.807) is 23.8 Å². The van der Waals surface area contributed by atoms with Gasteiger partial charge in [-0.1, -0.05) is 12.1 Å². The fourth-order valence-electron chi connectivity index (χ4n) is 1.59. The molecule has 0 saturated heterocycles. The van der Waals surface area contributed by atoms with Crippen LogP contribution in [0.3, 0.4) is 0 Å². The van der Waals surface area contributed by atoms with E-state index in [9.17, 15) is 13.5 Å². The van der Waals surface area contributed by atoms with Crippen LogP contribution in [0.1, 0.15) is 16.5 Å². The number of benzene rings is 1. The van der Waals surface area contributed by atoms with Crippen molar-refractivity contribution in [3.05, 3.63) is 46.4 Å². The van der Waals surface area contributed by atoms with Crippen molar-refractivity contribution >= 4 is 21.2 Å². The van der Waals surface area contributed by atoms with Gasteiger partial charge in [0.1, 0.15) is 0 Å². The Morgan fingerprint density at radius 3 is 2.50 bits per heavy atom. The van der Waals surface area contributed by atoms with Crippen molar-refractivity contribution in [3.63, 3.8) is 0 Å². The third-order valence-corrected chi connectivity index (χ3v) is 4.50. The highest BCUT2D eigenvalue weighted by molar-refractivity contribution is 7.90. The highest BCUT2D eigenvalue weighted by Gasteiger charge is 2.12. The number of hydrogen-bond acceptors (Lipinski definition) is 5. The van der Waals surface area contributed by atoms with E-state index in [4.69, 9.17) is 0 Å². The molecular formula is C12H13NO3S2. The molecule has 18 heavy (non-hydrogen) atoms. The molecule has 1 heterocycles. The summed E-state index contributed by atoms with van der Waals surface area (Å²) in [7, 11) is -3.18. The van der Waals surface area contributed by atoms with Crippen LogP contribution in [0, 0.1) is 0 Å². The van der Waals surface area contributed by atoms with E-state index in [0.717, 1.165) is 11.1 Å². The van der Waals surface area contributed by atoms with Crippen LogP contribution in [-0.2, 0) is 16.3 Å². The first kappa shape index (κ1) is 13.2. The Kier molecular flexibility index (Phi) is 3.79. The quantitative estimate of drug-likeness (QED) is 0.929. The molecule has 2 rings (SSSR count). The molecule has 0 saturated carbocycles. The van der Waals surface area contributed by atoms with Crippen molar-refractivity contribution < 1.29 is 13.5 Å². The lowest BCUT2D eigenvalue weighted by atomic mass is 10.1.